The second-order valence-electron chi connectivity index (χ2n) is 11.0. The van der Waals surface area contributed by atoms with E-state index in [4.69, 9.17) is 9.47 Å². The molecule has 1 unspecified atom stereocenters. The van der Waals surface area contributed by atoms with E-state index in [1.807, 2.05) is 4.90 Å². The summed E-state index contributed by atoms with van der Waals surface area (Å²) in [6.07, 6.45) is 5.24. The third kappa shape index (κ3) is 5.77. The normalized spacial score (nSPS) is 18.1. The number of para-hydroxylation sites is 1. The van der Waals surface area contributed by atoms with Gasteiger partial charge in [-0.2, -0.15) is 0 Å². The van der Waals surface area contributed by atoms with Crippen LogP contribution in [0, 0.1) is 5.92 Å². The van der Waals surface area contributed by atoms with Crippen LogP contribution in [0.5, 0.6) is 0 Å². The van der Waals surface area contributed by atoms with Gasteiger partial charge in [0.25, 0.3) is 0 Å². The van der Waals surface area contributed by atoms with Gasteiger partial charge in [0.1, 0.15) is 12.2 Å². The summed E-state index contributed by atoms with van der Waals surface area (Å²) in [5.74, 6) is 1.45. The van der Waals surface area contributed by atoms with Crippen molar-refractivity contribution in [1.82, 2.24) is 15.2 Å². The molecule has 1 atom stereocenters. The third-order valence-electron chi connectivity index (χ3n) is 6.62. The summed E-state index contributed by atoms with van der Waals surface area (Å²) in [5, 5.41) is 4.68. The summed E-state index contributed by atoms with van der Waals surface area (Å²) in [4.78, 5) is 18.8. The molecule has 6 heteroatoms. The number of carbonyl (C=O) groups excluding carboxylic acids is 1. The number of benzene rings is 1. The SMILES string of the molecule is CC(C)CC1c2[nH]c3ccccc3c2CCN1C(=O)COCCNC(OC(C)(C)C)=C1CCC1. The molecule has 2 aliphatic rings. The molecule has 0 bridgehead atoms. The van der Waals surface area contributed by atoms with Crippen LogP contribution in [0.15, 0.2) is 35.7 Å². The molecule has 2 heterocycles. The van der Waals surface area contributed by atoms with Gasteiger partial charge in [-0.1, -0.05) is 32.0 Å². The van der Waals surface area contributed by atoms with Crippen LogP contribution in [-0.4, -0.2) is 47.7 Å². The van der Waals surface area contributed by atoms with Crippen molar-refractivity contribution in [2.45, 2.75) is 78.4 Å². The molecular weight excluding hydrogens is 426 g/mol. The Hall–Kier alpha value is -2.47. The first kappa shape index (κ1) is 24.6. The van der Waals surface area contributed by atoms with E-state index in [9.17, 15) is 4.79 Å². The summed E-state index contributed by atoms with van der Waals surface area (Å²) in [7, 11) is 0. The number of H-pyrrole nitrogens is 1. The lowest BCUT2D eigenvalue weighted by Crippen LogP contribution is -2.42. The number of amides is 1. The minimum atomic E-state index is -0.233. The Kier molecular flexibility index (Phi) is 7.56. The van der Waals surface area contributed by atoms with Crippen LogP contribution in [-0.2, 0) is 20.7 Å². The van der Waals surface area contributed by atoms with Crippen molar-refractivity contribution < 1.29 is 14.3 Å². The van der Waals surface area contributed by atoms with E-state index in [1.54, 1.807) is 0 Å². The van der Waals surface area contributed by atoms with Crippen LogP contribution in [0.1, 0.15) is 77.6 Å². The molecule has 6 nitrogen and oxygen atoms in total. The molecule has 1 saturated carbocycles. The van der Waals surface area contributed by atoms with E-state index in [0.29, 0.717) is 19.1 Å². The Morgan fingerprint density at radius 1 is 1.21 bits per heavy atom. The number of ether oxygens (including phenoxy) is 2. The zero-order chi connectivity index (χ0) is 24.3. The van der Waals surface area contributed by atoms with Gasteiger partial charge in [-0.15, -0.1) is 0 Å². The minimum absolute atomic E-state index is 0.0680. The molecule has 0 radical (unpaired) electrons. The fraction of sp³-hybridized carbons (Fsp3) is 0.607. The van der Waals surface area contributed by atoms with E-state index >= 15 is 0 Å². The number of hydrogen-bond acceptors (Lipinski definition) is 4. The first-order valence-corrected chi connectivity index (χ1v) is 12.8. The highest BCUT2D eigenvalue weighted by molar-refractivity contribution is 5.86. The molecule has 1 aliphatic carbocycles. The van der Waals surface area contributed by atoms with Crippen molar-refractivity contribution in [3.63, 3.8) is 0 Å². The van der Waals surface area contributed by atoms with Gasteiger partial charge in [0, 0.05) is 29.7 Å². The van der Waals surface area contributed by atoms with E-state index in [-0.39, 0.29) is 24.2 Å². The summed E-state index contributed by atoms with van der Waals surface area (Å²) in [6, 6.07) is 8.53. The van der Waals surface area contributed by atoms with Gasteiger partial charge in [-0.25, -0.2) is 0 Å². The van der Waals surface area contributed by atoms with E-state index in [1.165, 1.54) is 28.6 Å². The van der Waals surface area contributed by atoms with Crippen LogP contribution < -0.4 is 5.32 Å². The Morgan fingerprint density at radius 3 is 2.65 bits per heavy atom. The molecule has 1 aliphatic heterocycles. The monoisotopic (exact) mass is 467 g/mol. The molecule has 1 fully saturated rings. The number of carbonyl (C=O) groups is 1. The second-order valence-corrected chi connectivity index (χ2v) is 11.0. The highest BCUT2D eigenvalue weighted by atomic mass is 16.5. The number of aromatic amines is 1. The summed E-state index contributed by atoms with van der Waals surface area (Å²) in [5.41, 5.74) is 4.85. The van der Waals surface area contributed by atoms with Crippen molar-refractivity contribution in [2.24, 2.45) is 5.92 Å². The van der Waals surface area contributed by atoms with Crippen molar-refractivity contribution >= 4 is 16.8 Å². The maximum absolute atomic E-state index is 13.2. The van der Waals surface area contributed by atoms with Crippen LogP contribution in [0.25, 0.3) is 10.9 Å². The zero-order valence-electron chi connectivity index (χ0n) is 21.5. The van der Waals surface area contributed by atoms with Gasteiger partial charge >= 0.3 is 0 Å². The van der Waals surface area contributed by atoms with E-state index in [2.05, 4.69) is 69.2 Å². The first-order chi connectivity index (χ1) is 16.2. The van der Waals surface area contributed by atoms with Gasteiger partial charge in [0.15, 0.2) is 5.88 Å². The maximum Gasteiger partial charge on any atom is 0.249 e. The summed E-state index contributed by atoms with van der Waals surface area (Å²) >= 11 is 0. The minimum Gasteiger partial charge on any atom is -0.474 e. The van der Waals surface area contributed by atoms with Gasteiger partial charge in [-0.3, -0.25) is 4.79 Å². The molecule has 1 aromatic carbocycles. The molecule has 1 aromatic heterocycles. The summed E-state index contributed by atoms with van der Waals surface area (Å²) in [6.45, 7) is 12.6. The fourth-order valence-electron chi connectivity index (χ4n) is 4.91. The molecule has 0 saturated heterocycles. The lowest BCUT2D eigenvalue weighted by Gasteiger charge is -2.37. The molecule has 34 heavy (non-hydrogen) atoms. The number of nitrogens with zero attached hydrogens (tertiary/aromatic N) is 1. The summed E-state index contributed by atoms with van der Waals surface area (Å²) < 4.78 is 11.9. The van der Waals surface area contributed by atoms with Crippen molar-refractivity contribution in [3.8, 4) is 0 Å². The zero-order valence-corrected chi connectivity index (χ0v) is 21.5. The van der Waals surface area contributed by atoms with Crippen molar-refractivity contribution in [3.05, 3.63) is 47.0 Å². The van der Waals surface area contributed by atoms with Gasteiger partial charge in [-0.05, 0) is 76.0 Å². The van der Waals surface area contributed by atoms with E-state index < -0.39 is 0 Å². The van der Waals surface area contributed by atoms with Gasteiger partial charge in [0.2, 0.25) is 5.91 Å². The topological polar surface area (TPSA) is 66.6 Å². The Bertz CT molecular complexity index is 1030. The number of nitrogens with one attached hydrogen (secondary N) is 2. The first-order valence-electron chi connectivity index (χ1n) is 12.8. The second kappa shape index (κ2) is 10.4. The van der Waals surface area contributed by atoms with Crippen molar-refractivity contribution in [1.29, 1.82) is 0 Å². The molecular formula is C28H41N3O3. The number of hydrogen-bond donors (Lipinski definition) is 2. The molecule has 4 rings (SSSR count). The maximum atomic E-state index is 13.2. The molecule has 186 valence electrons. The quantitative estimate of drug-likeness (QED) is 0.380. The average molecular weight is 468 g/mol. The van der Waals surface area contributed by atoms with E-state index in [0.717, 1.165) is 43.6 Å². The van der Waals surface area contributed by atoms with Gasteiger partial charge < -0.3 is 24.7 Å². The lowest BCUT2D eigenvalue weighted by molar-refractivity contribution is -0.139. The number of fused-ring (bicyclic) bond motifs is 3. The fourth-order valence-corrected chi connectivity index (χ4v) is 4.91. The van der Waals surface area contributed by atoms with Crippen LogP contribution >= 0.6 is 0 Å². The Balaban J connectivity index is 1.34. The highest BCUT2D eigenvalue weighted by Gasteiger charge is 2.33. The van der Waals surface area contributed by atoms with Crippen LogP contribution in [0.4, 0.5) is 0 Å². The van der Waals surface area contributed by atoms with Crippen LogP contribution in [0.2, 0.25) is 0 Å². The predicted molar refractivity (Wildman–Crippen MR) is 136 cm³/mol. The number of rotatable bonds is 9. The third-order valence-corrected chi connectivity index (χ3v) is 6.62. The molecule has 0 spiro atoms. The largest absolute Gasteiger partial charge is 0.474 e. The smallest absolute Gasteiger partial charge is 0.249 e. The highest BCUT2D eigenvalue weighted by Crippen LogP contribution is 2.38. The standard InChI is InChI=1S/C28H41N3O3/c1-19(2)17-24-26-22(21-11-6-7-12-23(21)30-26)13-15-31(24)25(32)18-33-16-14-29-27(20-9-8-10-20)34-28(3,4)5/h6-7,11-12,19,24,29-30H,8-10,13-18H2,1-5H3. The molecule has 1 amide bonds. The molecule has 2 N–H and O–H groups in total. The number of allylic oxidation sites excluding steroid dienone is 1. The van der Waals surface area contributed by atoms with Crippen molar-refractivity contribution in [2.75, 3.05) is 26.3 Å². The Morgan fingerprint density at radius 2 is 1.97 bits per heavy atom. The van der Waals surface area contributed by atoms with Crippen LogP contribution in [0.3, 0.4) is 0 Å². The average Bonchev–Trinajstić information content (AvgIpc) is 3.10. The van der Waals surface area contributed by atoms with Gasteiger partial charge in [0.05, 0.1) is 12.6 Å². The predicted octanol–water partition coefficient (Wildman–Crippen LogP) is 5.46. The Labute approximate surface area is 204 Å². The lowest BCUT2D eigenvalue weighted by atomic mass is 9.91. The number of aromatic nitrogens is 1. The molecule has 2 aromatic rings.